The SMILES string of the molecule is Cc1ccc(N)c(/C(=N/O)c2ccccc2)c1. The van der Waals surface area contributed by atoms with Crippen LogP contribution in [0, 0.1) is 6.92 Å². The van der Waals surface area contributed by atoms with Crippen molar-refractivity contribution in [3.05, 3.63) is 65.2 Å². The summed E-state index contributed by atoms with van der Waals surface area (Å²) in [5, 5.41) is 12.5. The zero-order valence-electron chi connectivity index (χ0n) is 9.59. The fraction of sp³-hybridized carbons (Fsp3) is 0.0714. The molecular formula is C14H14N2O. The summed E-state index contributed by atoms with van der Waals surface area (Å²) in [5.41, 5.74) is 9.67. The molecule has 2 aromatic carbocycles. The molecule has 17 heavy (non-hydrogen) atoms. The molecule has 3 N–H and O–H groups in total. The van der Waals surface area contributed by atoms with E-state index in [9.17, 15) is 5.21 Å². The second kappa shape index (κ2) is 4.70. The van der Waals surface area contributed by atoms with Gasteiger partial charge in [-0.05, 0) is 19.1 Å². The van der Waals surface area contributed by atoms with Crippen LogP contribution >= 0.6 is 0 Å². The molecular weight excluding hydrogens is 212 g/mol. The van der Waals surface area contributed by atoms with E-state index in [1.807, 2.05) is 55.5 Å². The number of aryl methyl sites for hydroxylation is 1. The highest BCUT2D eigenvalue weighted by molar-refractivity contribution is 6.15. The molecule has 0 spiro atoms. The van der Waals surface area contributed by atoms with E-state index >= 15 is 0 Å². The Morgan fingerprint density at radius 2 is 1.82 bits per heavy atom. The summed E-state index contributed by atoms with van der Waals surface area (Å²) in [6.45, 7) is 1.98. The number of hydrogen-bond donors (Lipinski definition) is 2. The van der Waals surface area contributed by atoms with Gasteiger partial charge in [-0.25, -0.2) is 0 Å². The first-order chi connectivity index (χ1) is 8.22. The van der Waals surface area contributed by atoms with E-state index in [2.05, 4.69) is 5.16 Å². The average Bonchev–Trinajstić information content (AvgIpc) is 2.36. The molecule has 0 aliphatic rings. The van der Waals surface area contributed by atoms with Crippen molar-refractivity contribution in [1.29, 1.82) is 0 Å². The summed E-state index contributed by atoms with van der Waals surface area (Å²) in [7, 11) is 0. The first kappa shape index (κ1) is 11.2. The molecule has 0 atom stereocenters. The molecule has 0 aromatic heterocycles. The number of hydrogen-bond acceptors (Lipinski definition) is 3. The number of nitrogens with zero attached hydrogens (tertiary/aromatic N) is 1. The number of benzene rings is 2. The zero-order chi connectivity index (χ0) is 12.3. The Bertz CT molecular complexity index is 547. The lowest BCUT2D eigenvalue weighted by molar-refractivity contribution is 0.319. The summed E-state index contributed by atoms with van der Waals surface area (Å²) in [4.78, 5) is 0. The van der Waals surface area contributed by atoms with Gasteiger partial charge in [0.1, 0.15) is 5.71 Å². The van der Waals surface area contributed by atoms with Crippen LogP contribution in [0.2, 0.25) is 0 Å². The van der Waals surface area contributed by atoms with Crippen molar-refractivity contribution >= 4 is 11.4 Å². The monoisotopic (exact) mass is 226 g/mol. The molecule has 3 heteroatoms. The van der Waals surface area contributed by atoms with Crippen molar-refractivity contribution in [1.82, 2.24) is 0 Å². The minimum absolute atomic E-state index is 0.492. The molecule has 0 bridgehead atoms. The van der Waals surface area contributed by atoms with Gasteiger partial charge < -0.3 is 10.9 Å². The van der Waals surface area contributed by atoms with Crippen LogP contribution in [0.1, 0.15) is 16.7 Å². The molecule has 3 nitrogen and oxygen atoms in total. The third-order valence-corrected chi connectivity index (χ3v) is 2.61. The van der Waals surface area contributed by atoms with Crippen LogP contribution in [0.25, 0.3) is 0 Å². The van der Waals surface area contributed by atoms with E-state index in [1.165, 1.54) is 0 Å². The number of oxime groups is 1. The molecule has 0 saturated heterocycles. The van der Waals surface area contributed by atoms with Gasteiger partial charge in [-0.3, -0.25) is 0 Å². The number of nitrogens with two attached hydrogens (primary N) is 1. The second-order valence-electron chi connectivity index (χ2n) is 3.91. The first-order valence-electron chi connectivity index (χ1n) is 5.36. The van der Waals surface area contributed by atoms with Gasteiger partial charge in [-0.15, -0.1) is 0 Å². The van der Waals surface area contributed by atoms with Gasteiger partial charge in [0.05, 0.1) is 0 Å². The van der Waals surface area contributed by atoms with Crippen LogP contribution in [0.15, 0.2) is 53.7 Å². The third kappa shape index (κ3) is 2.28. The second-order valence-corrected chi connectivity index (χ2v) is 3.91. The largest absolute Gasteiger partial charge is 0.410 e. The molecule has 0 heterocycles. The summed E-state index contributed by atoms with van der Waals surface area (Å²) >= 11 is 0. The van der Waals surface area contributed by atoms with Gasteiger partial charge in [0, 0.05) is 16.8 Å². The summed E-state index contributed by atoms with van der Waals surface area (Å²) < 4.78 is 0. The fourth-order valence-corrected chi connectivity index (χ4v) is 1.74. The summed E-state index contributed by atoms with van der Waals surface area (Å²) in [5.74, 6) is 0. The van der Waals surface area contributed by atoms with E-state index < -0.39 is 0 Å². The van der Waals surface area contributed by atoms with Crippen molar-refractivity contribution in [3.8, 4) is 0 Å². The highest BCUT2D eigenvalue weighted by Gasteiger charge is 2.10. The maximum atomic E-state index is 9.18. The molecule has 86 valence electrons. The molecule has 2 rings (SSSR count). The standard InChI is InChI=1S/C14H14N2O/c1-10-7-8-13(15)12(9-10)14(16-17)11-5-3-2-4-6-11/h2-9,17H,15H2,1H3/b16-14+. The van der Waals surface area contributed by atoms with Crippen LogP contribution in [-0.2, 0) is 0 Å². The molecule has 0 radical (unpaired) electrons. The van der Waals surface area contributed by atoms with Crippen LogP contribution < -0.4 is 5.73 Å². The Morgan fingerprint density at radius 3 is 2.47 bits per heavy atom. The number of rotatable bonds is 2. The molecule has 0 unspecified atom stereocenters. The molecule has 0 aliphatic heterocycles. The topological polar surface area (TPSA) is 58.6 Å². The minimum atomic E-state index is 0.492. The normalized spacial score (nSPS) is 11.5. The minimum Gasteiger partial charge on any atom is -0.410 e. The van der Waals surface area contributed by atoms with E-state index in [-0.39, 0.29) is 0 Å². The fourth-order valence-electron chi connectivity index (χ4n) is 1.74. The Kier molecular flexibility index (Phi) is 3.10. The van der Waals surface area contributed by atoms with Crippen molar-refractivity contribution in [2.24, 2.45) is 5.16 Å². The van der Waals surface area contributed by atoms with Gasteiger partial charge >= 0.3 is 0 Å². The zero-order valence-corrected chi connectivity index (χ0v) is 9.59. The molecule has 0 fully saturated rings. The number of nitrogen functional groups attached to an aromatic ring is 1. The molecule has 0 aliphatic carbocycles. The van der Waals surface area contributed by atoms with E-state index in [0.29, 0.717) is 11.4 Å². The first-order valence-corrected chi connectivity index (χ1v) is 5.36. The van der Waals surface area contributed by atoms with Gasteiger partial charge in [0.25, 0.3) is 0 Å². The summed E-state index contributed by atoms with van der Waals surface area (Å²) in [6.07, 6.45) is 0. The van der Waals surface area contributed by atoms with Crippen molar-refractivity contribution in [3.63, 3.8) is 0 Å². The predicted molar refractivity (Wildman–Crippen MR) is 69.5 cm³/mol. The lowest BCUT2D eigenvalue weighted by Gasteiger charge is -2.08. The maximum absolute atomic E-state index is 9.18. The quantitative estimate of drug-likeness (QED) is 0.358. The Balaban J connectivity index is 2.54. The molecule has 0 amide bonds. The van der Waals surface area contributed by atoms with Crippen molar-refractivity contribution < 1.29 is 5.21 Å². The smallest absolute Gasteiger partial charge is 0.119 e. The predicted octanol–water partition coefficient (Wildman–Crippen LogP) is 2.80. The van der Waals surface area contributed by atoms with E-state index in [1.54, 1.807) is 0 Å². The van der Waals surface area contributed by atoms with Crippen LogP contribution in [-0.4, -0.2) is 10.9 Å². The Labute approximate surface area is 100 Å². The van der Waals surface area contributed by atoms with Gasteiger partial charge in [-0.1, -0.05) is 47.1 Å². The van der Waals surface area contributed by atoms with Gasteiger partial charge in [0.15, 0.2) is 0 Å². The lowest BCUT2D eigenvalue weighted by Crippen LogP contribution is -2.07. The van der Waals surface area contributed by atoms with E-state index in [4.69, 9.17) is 5.73 Å². The molecule has 2 aromatic rings. The number of anilines is 1. The van der Waals surface area contributed by atoms with Crippen molar-refractivity contribution in [2.45, 2.75) is 6.92 Å². The van der Waals surface area contributed by atoms with Crippen molar-refractivity contribution in [2.75, 3.05) is 5.73 Å². The van der Waals surface area contributed by atoms with Crippen LogP contribution in [0.3, 0.4) is 0 Å². The van der Waals surface area contributed by atoms with Crippen LogP contribution in [0.4, 0.5) is 5.69 Å². The van der Waals surface area contributed by atoms with Gasteiger partial charge in [0.2, 0.25) is 0 Å². The Morgan fingerprint density at radius 1 is 1.12 bits per heavy atom. The highest BCUT2D eigenvalue weighted by atomic mass is 16.4. The van der Waals surface area contributed by atoms with Gasteiger partial charge in [-0.2, -0.15) is 0 Å². The highest BCUT2D eigenvalue weighted by Crippen LogP contribution is 2.18. The maximum Gasteiger partial charge on any atom is 0.119 e. The lowest BCUT2D eigenvalue weighted by atomic mass is 9.99. The Hall–Kier alpha value is -2.29. The third-order valence-electron chi connectivity index (χ3n) is 2.61. The van der Waals surface area contributed by atoms with Crippen LogP contribution in [0.5, 0.6) is 0 Å². The molecule has 0 saturated carbocycles. The van der Waals surface area contributed by atoms with E-state index in [0.717, 1.165) is 16.7 Å². The average molecular weight is 226 g/mol. The summed E-state index contributed by atoms with van der Waals surface area (Å²) in [6, 6.07) is 15.1.